The van der Waals surface area contributed by atoms with Crippen molar-refractivity contribution in [2.45, 2.75) is 6.04 Å². The third-order valence-electron chi connectivity index (χ3n) is 2.26. The van der Waals surface area contributed by atoms with Crippen molar-refractivity contribution in [3.63, 3.8) is 0 Å². The van der Waals surface area contributed by atoms with Gasteiger partial charge in [-0.25, -0.2) is 3.11 Å². The van der Waals surface area contributed by atoms with E-state index in [4.69, 9.17) is 0 Å². The van der Waals surface area contributed by atoms with Crippen LogP contribution in [0.1, 0.15) is 10.4 Å². The lowest BCUT2D eigenvalue weighted by Gasteiger charge is -2.34. The van der Waals surface area contributed by atoms with E-state index in [1.54, 1.807) is 0 Å². The van der Waals surface area contributed by atoms with E-state index < -0.39 is 0 Å². The first-order chi connectivity index (χ1) is 7.15. The molecule has 5 heteroatoms. The van der Waals surface area contributed by atoms with E-state index in [1.807, 2.05) is 24.3 Å². The van der Waals surface area contributed by atoms with Crippen LogP contribution in [0.4, 0.5) is 0 Å². The first kappa shape index (κ1) is 11.6. The quantitative estimate of drug-likeness (QED) is 0.578. The summed E-state index contributed by atoms with van der Waals surface area (Å²) in [6, 6.07) is 7.94. The van der Waals surface area contributed by atoms with Gasteiger partial charge in [-0.05, 0) is 40.8 Å². The predicted molar refractivity (Wildman–Crippen MR) is 76.0 cm³/mol. The van der Waals surface area contributed by atoms with E-state index in [1.165, 1.54) is 0 Å². The fourth-order valence-electron chi connectivity index (χ4n) is 1.41. The standard InChI is InChI=1S/C10H10I2N2O/c11-8-3-1-2-7(4-8)10(15)13-9-5-14(12)6-9/h1-4,9H,5-6H2,(H,13,15). The molecule has 1 fully saturated rings. The average molecular weight is 428 g/mol. The summed E-state index contributed by atoms with van der Waals surface area (Å²) < 4.78 is 3.24. The van der Waals surface area contributed by atoms with E-state index in [-0.39, 0.29) is 5.91 Å². The molecule has 80 valence electrons. The second-order valence-corrected chi connectivity index (χ2v) is 6.12. The Labute approximate surface area is 116 Å². The SMILES string of the molecule is O=C(NC1CN(I)C1)c1cccc(I)c1. The summed E-state index contributed by atoms with van der Waals surface area (Å²) in [5.41, 5.74) is 0.744. The smallest absolute Gasteiger partial charge is 0.251 e. The molecule has 1 heterocycles. The Morgan fingerprint density at radius 1 is 1.47 bits per heavy atom. The summed E-state index contributed by atoms with van der Waals surface area (Å²) in [6.07, 6.45) is 0. The van der Waals surface area contributed by atoms with Gasteiger partial charge in [0, 0.05) is 45.1 Å². The number of halogens is 2. The number of hydrogen-bond donors (Lipinski definition) is 1. The van der Waals surface area contributed by atoms with Gasteiger partial charge in [-0.3, -0.25) is 4.79 Å². The van der Waals surface area contributed by atoms with Gasteiger partial charge >= 0.3 is 0 Å². The molecule has 0 bridgehead atoms. The molecule has 2 rings (SSSR count). The number of benzene rings is 1. The van der Waals surface area contributed by atoms with E-state index in [0.29, 0.717) is 6.04 Å². The minimum Gasteiger partial charge on any atom is -0.347 e. The molecule has 1 saturated heterocycles. The van der Waals surface area contributed by atoms with Gasteiger partial charge in [-0.1, -0.05) is 6.07 Å². The fourth-order valence-corrected chi connectivity index (χ4v) is 2.91. The molecule has 0 spiro atoms. The molecule has 0 radical (unpaired) electrons. The van der Waals surface area contributed by atoms with Gasteiger partial charge in [0.25, 0.3) is 5.91 Å². The number of amides is 1. The molecule has 1 aromatic rings. The number of carbonyl (C=O) groups is 1. The monoisotopic (exact) mass is 428 g/mol. The van der Waals surface area contributed by atoms with Gasteiger partial charge in [-0.15, -0.1) is 0 Å². The summed E-state index contributed by atoms with van der Waals surface area (Å²) in [5, 5.41) is 3.00. The summed E-state index contributed by atoms with van der Waals surface area (Å²) in [6.45, 7) is 1.88. The topological polar surface area (TPSA) is 32.3 Å². The van der Waals surface area contributed by atoms with Crippen molar-refractivity contribution in [2.75, 3.05) is 13.1 Å². The maximum absolute atomic E-state index is 11.8. The van der Waals surface area contributed by atoms with Gasteiger partial charge in [0.2, 0.25) is 0 Å². The third-order valence-corrected chi connectivity index (χ3v) is 3.72. The zero-order chi connectivity index (χ0) is 10.8. The van der Waals surface area contributed by atoms with Crippen molar-refractivity contribution in [3.05, 3.63) is 33.4 Å². The number of nitrogens with zero attached hydrogens (tertiary/aromatic N) is 1. The molecule has 1 aliphatic rings. The van der Waals surface area contributed by atoms with Gasteiger partial charge in [-0.2, -0.15) is 0 Å². The first-order valence-electron chi connectivity index (χ1n) is 4.62. The Balaban J connectivity index is 1.96. The number of nitrogens with one attached hydrogen (secondary N) is 1. The van der Waals surface area contributed by atoms with Gasteiger partial charge in [0.05, 0.1) is 6.04 Å². The molecule has 1 amide bonds. The highest BCUT2D eigenvalue weighted by Crippen LogP contribution is 2.14. The third kappa shape index (κ3) is 3.04. The highest BCUT2D eigenvalue weighted by Gasteiger charge is 2.26. The summed E-state index contributed by atoms with van der Waals surface area (Å²) in [4.78, 5) is 11.8. The molecule has 0 aromatic heterocycles. The molecule has 1 aromatic carbocycles. The minimum absolute atomic E-state index is 0.0306. The van der Waals surface area contributed by atoms with Crippen LogP contribution < -0.4 is 5.32 Å². The van der Waals surface area contributed by atoms with Crippen LogP contribution in [-0.4, -0.2) is 28.2 Å². The maximum atomic E-state index is 11.8. The normalized spacial score (nSPS) is 17.2. The Bertz CT molecular complexity index is 377. The van der Waals surface area contributed by atoms with Gasteiger partial charge in [0.15, 0.2) is 0 Å². The Morgan fingerprint density at radius 3 is 2.80 bits per heavy atom. The van der Waals surface area contributed by atoms with Crippen LogP contribution >= 0.6 is 45.5 Å². The second kappa shape index (κ2) is 4.96. The zero-order valence-electron chi connectivity index (χ0n) is 7.91. The minimum atomic E-state index is 0.0306. The van der Waals surface area contributed by atoms with Crippen LogP contribution in [0.2, 0.25) is 0 Å². The van der Waals surface area contributed by atoms with E-state index >= 15 is 0 Å². The van der Waals surface area contributed by atoms with Crippen LogP contribution in [0.5, 0.6) is 0 Å². The van der Waals surface area contributed by atoms with Crippen molar-refractivity contribution >= 4 is 51.4 Å². The van der Waals surface area contributed by atoms with Crippen LogP contribution in [0, 0.1) is 3.57 Å². The molecular formula is C10H10I2N2O. The van der Waals surface area contributed by atoms with E-state index in [2.05, 4.69) is 53.9 Å². The lowest BCUT2D eigenvalue weighted by atomic mass is 10.1. The van der Waals surface area contributed by atoms with E-state index in [9.17, 15) is 4.79 Å². The molecule has 1 aliphatic heterocycles. The fraction of sp³-hybridized carbons (Fsp3) is 0.300. The number of rotatable bonds is 2. The summed E-state index contributed by atoms with van der Waals surface area (Å²) in [7, 11) is 0. The van der Waals surface area contributed by atoms with Crippen LogP contribution in [0.25, 0.3) is 0 Å². The van der Waals surface area contributed by atoms with E-state index in [0.717, 1.165) is 22.2 Å². The summed E-state index contributed by atoms with van der Waals surface area (Å²) in [5.74, 6) is 0.0306. The zero-order valence-corrected chi connectivity index (χ0v) is 12.2. The molecule has 0 atom stereocenters. The lowest BCUT2D eigenvalue weighted by Crippen LogP contribution is -2.55. The van der Waals surface area contributed by atoms with Crippen molar-refractivity contribution in [2.24, 2.45) is 0 Å². The molecule has 0 saturated carbocycles. The maximum Gasteiger partial charge on any atom is 0.251 e. The van der Waals surface area contributed by atoms with Crippen molar-refractivity contribution in [1.29, 1.82) is 0 Å². The predicted octanol–water partition coefficient (Wildman–Crippen LogP) is 2.06. The lowest BCUT2D eigenvalue weighted by molar-refractivity contribution is 0.0907. The number of hydrogen-bond acceptors (Lipinski definition) is 2. The molecule has 3 nitrogen and oxygen atoms in total. The molecule has 0 aliphatic carbocycles. The van der Waals surface area contributed by atoms with Gasteiger partial charge in [0.1, 0.15) is 0 Å². The van der Waals surface area contributed by atoms with Gasteiger partial charge < -0.3 is 5.32 Å². The van der Waals surface area contributed by atoms with Crippen molar-refractivity contribution < 1.29 is 4.79 Å². The Hall–Kier alpha value is 0.110. The molecular weight excluding hydrogens is 418 g/mol. The summed E-state index contributed by atoms with van der Waals surface area (Å²) >= 11 is 4.47. The first-order valence-corrected chi connectivity index (χ1v) is 6.66. The van der Waals surface area contributed by atoms with Crippen molar-refractivity contribution in [1.82, 2.24) is 8.43 Å². The highest BCUT2D eigenvalue weighted by molar-refractivity contribution is 14.1. The van der Waals surface area contributed by atoms with Crippen LogP contribution in [0.15, 0.2) is 24.3 Å². The van der Waals surface area contributed by atoms with Crippen LogP contribution in [0.3, 0.4) is 0 Å². The second-order valence-electron chi connectivity index (χ2n) is 3.51. The largest absolute Gasteiger partial charge is 0.347 e. The van der Waals surface area contributed by atoms with Crippen LogP contribution in [-0.2, 0) is 0 Å². The highest BCUT2D eigenvalue weighted by atomic mass is 127. The average Bonchev–Trinajstić information content (AvgIpc) is 2.15. The van der Waals surface area contributed by atoms with Crippen molar-refractivity contribution in [3.8, 4) is 0 Å². The molecule has 1 N–H and O–H groups in total. The Kier molecular flexibility index (Phi) is 3.83. The molecule has 0 unspecified atom stereocenters. The Morgan fingerprint density at radius 2 is 2.20 bits per heavy atom. The molecule has 15 heavy (non-hydrogen) atoms. The number of carbonyl (C=O) groups excluding carboxylic acids is 1.